The third kappa shape index (κ3) is 40.0. The summed E-state index contributed by atoms with van der Waals surface area (Å²) in [5.41, 5.74) is 0. The van der Waals surface area contributed by atoms with E-state index in [0.717, 1.165) is 96.3 Å². The van der Waals surface area contributed by atoms with E-state index >= 15 is 0 Å². The highest BCUT2D eigenvalue weighted by atomic mass is 16.7. The molecule has 7 unspecified atom stereocenters. The maximum Gasteiger partial charge on any atom is 0.220 e. The highest BCUT2D eigenvalue weighted by Gasteiger charge is 2.44. The van der Waals surface area contributed by atoms with Gasteiger partial charge in [0.15, 0.2) is 6.29 Å². The number of carbonyl (C=O) groups is 1. The Hall–Kier alpha value is -3.41. The van der Waals surface area contributed by atoms with E-state index in [9.17, 15) is 30.3 Å². The first-order valence-corrected chi connectivity index (χ1v) is 28.8. The van der Waals surface area contributed by atoms with Crippen LogP contribution in [-0.2, 0) is 14.3 Å². The zero-order valence-electron chi connectivity index (χ0n) is 45.4. The van der Waals surface area contributed by atoms with Crippen LogP contribution < -0.4 is 5.32 Å². The summed E-state index contributed by atoms with van der Waals surface area (Å²) >= 11 is 0. The summed E-state index contributed by atoms with van der Waals surface area (Å²) in [5, 5.41) is 54.1. The Morgan fingerprint density at radius 2 is 0.861 bits per heavy atom. The summed E-state index contributed by atoms with van der Waals surface area (Å²) in [6.45, 7) is 3.60. The molecule has 1 saturated heterocycles. The Kier molecular flexibility index (Phi) is 47.3. The average molecular weight is 1000 g/mol. The number of hydrogen-bond acceptors (Lipinski definition) is 8. The van der Waals surface area contributed by atoms with Gasteiger partial charge in [-0.2, -0.15) is 0 Å². The zero-order chi connectivity index (χ0) is 52.2. The second-order valence-corrected chi connectivity index (χ2v) is 19.4. The lowest BCUT2D eigenvalue weighted by Gasteiger charge is -2.40. The number of unbranched alkanes of at least 4 members (excludes halogenated alkanes) is 19. The van der Waals surface area contributed by atoms with Crippen LogP contribution in [0.25, 0.3) is 0 Å². The molecule has 0 aliphatic carbocycles. The van der Waals surface area contributed by atoms with E-state index < -0.39 is 49.5 Å². The Morgan fingerprint density at radius 3 is 1.28 bits per heavy atom. The van der Waals surface area contributed by atoms with Crippen LogP contribution in [0, 0.1) is 0 Å². The van der Waals surface area contributed by atoms with Gasteiger partial charge >= 0.3 is 0 Å². The Balaban J connectivity index is 2.06. The van der Waals surface area contributed by atoms with Gasteiger partial charge in [0.05, 0.1) is 25.4 Å². The van der Waals surface area contributed by atoms with E-state index in [1.807, 2.05) is 6.08 Å². The monoisotopic (exact) mass is 1000 g/mol. The Morgan fingerprint density at radius 1 is 0.486 bits per heavy atom. The molecule has 6 N–H and O–H groups in total. The number of nitrogens with one attached hydrogen (secondary N) is 1. The number of amides is 1. The van der Waals surface area contributed by atoms with Crippen molar-refractivity contribution in [1.82, 2.24) is 5.32 Å². The van der Waals surface area contributed by atoms with Gasteiger partial charge in [-0.25, -0.2) is 0 Å². The van der Waals surface area contributed by atoms with Crippen LogP contribution in [0.1, 0.15) is 213 Å². The van der Waals surface area contributed by atoms with Gasteiger partial charge in [0.2, 0.25) is 5.91 Å². The van der Waals surface area contributed by atoms with Crippen LogP contribution in [0.15, 0.2) is 122 Å². The molecule has 1 aliphatic heterocycles. The zero-order valence-corrected chi connectivity index (χ0v) is 45.4. The third-order valence-electron chi connectivity index (χ3n) is 12.8. The molecule has 0 bridgehead atoms. The summed E-state index contributed by atoms with van der Waals surface area (Å²) in [6.07, 6.45) is 70.1. The predicted molar refractivity (Wildman–Crippen MR) is 304 cm³/mol. The van der Waals surface area contributed by atoms with Gasteiger partial charge in [0.1, 0.15) is 24.4 Å². The number of hydrogen-bond donors (Lipinski definition) is 6. The second kappa shape index (κ2) is 51.1. The lowest BCUT2D eigenvalue weighted by molar-refractivity contribution is -0.302. The predicted octanol–water partition coefficient (Wildman–Crippen LogP) is 14.3. The first kappa shape index (κ1) is 66.6. The minimum absolute atomic E-state index is 0.187. The summed E-state index contributed by atoms with van der Waals surface area (Å²) in [7, 11) is 0. The third-order valence-corrected chi connectivity index (χ3v) is 12.8. The van der Waals surface area contributed by atoms with Gasteiger partial charge in [-0.1, -0.05) is 238 Å². The van der Waals surface area contributed by atoms with Crippen molar-refractivity contribution in [2.24, 2.45) is 0 Å². The number of rotatable bonds is 47. The van der Waals surface area contributed by atoms with Gasteiger partial charge in [0, 0.05) is 6.42 Å². The number of carbonyl (C=O) groups excluding carboxylic acids is 1. The molecule has 0 aromatic carbocycles. The molecule has 1 amide bonds. The normalized spacial score (nSPS) is 20.1. The van der Waals surface area contributed by atoms with Crippen LogP contribution in [0.2, 0.25) is 0 Å². The smallest absolute Gasteiger partial charge is 0.220 e. The maximum absolute atomic E-state index is 13.0. The summed E-state index contributed by atoms with van der Waals surface area (Å²) in [5.74, 6) is -0.187. The Labute approximate surface area is 439 Å². The topological polar surface area (TPSA) is 149 Å². The fraction of sp³-hybridized carbons (Fsp3) is 0.667. The van der Waals surface area contributed by atoms with Gasteiger partial charge < -0.3 is 40.3 Å². The van der Waals surface area contributed by atoms with Crippen molar-refractivity contribution in [3.63, 3.8) is 0 Å². The van der Waals surface area contributed by atoms with Crippen molar-refractivity contribution >= 4 is 5.91 Å². The van der Waals surface area contributed by atoms with Crippen molar-refractivity contribution in [2.75, 3.05) is 13.2 Å². The van der Waals surface area contributed by atoms with E-state index in [4.69, 9.17) is 9.47 Å². The van der Waals surface area contributed by atoms with Crippen LogP contribution >= 0.6 is 0 Å². The lowest BCUT2D eigenvalue weighted by Crippen LogP contribution is -2.60. The van der Waals surface area contributed by atoms with Crippen molar-refractivity contribution < 1.29 is 39.8 Å². The summed E-state index contributed by atoms with van der Waals surface area (Å²) in [4.78, 5) is 13.0. The molecule has 0 spiro atoms. The lowest BCUT2D eigenvalue weighted by atomic mass is 9.99. The standard InChI is InChI=1S/C63H105NO8/c1-3-5-7-9-11-13-14-15-16-17-18-19-20-21-22-23-24-25-26-27-28-29-30-31-32-33-34-35-36-37-38-39-40-41-42-43-44-45-47-49-51-53-59(67)64-56(57(66)52-50-48-46-12-10-8-6-4-2)55-71-63-62(70)61(69)60(68)58(54-65)72-63/h5,7,11,13,15-16,18-19,21-22,24-25,27-28,30-31,33-34,50,52,56-58,60-63,65-66,68-70H,3-4,6,8-10,12,14,17,20,23,26,29,32,35-49,51,53-55H2,1-2H3,(H,64,67)/b7-5-,13-11-,16-15-,19-18-,22-21-,25-24-,28-27-,31-30-,34-33-,52-50+. The van der Waals surface area contributed by atoms with Crippen molar-refractivity contribution in [3.05, 3.63) is 122 Å². The molecule has 72 heavy (non-hydrogen) atoms. The quantitative estimate of drug-likeness (QED) is 0.0261. The number of aliphatic hydroxyl groups excluding tert-OH is 5. The Bertz CT molecular complexity index is 1540. The molecule has 9 nitrogen and oxygen atoms in total. The fourth-order valence-electron chi connectivity index (χ4n) is 8.27. The number of ether oxygens (including phenoxy) is 2. The molecule has 410 valence electrons. The molecule has 7 atom stereocenters. The van der Waals surface area contributed by atoms with Gasteiger partial charge in [-0.15, -0.1) is 0 Å². The molecule has 0 saturated carbocycles. The molecular weight excluding hydrogens is 899 g/mol. The molecule has 0 aromatic heterocycles. The van der Waals surface area contributed by atoms with E-state index in [1.54, 1.807) is 6.08 Å². The molecule has 1 heterocycles. The summed E-state index contributed by atoms with van der Waals surface area (Å²) < 4.78 is 11.2. The van der Waals surface area contributed by atoms with E-state index in [-0.39, 0.29) is 12.5 Å². The molecule has 1 aliphatic rings. The van der Waals surface area contributed by atoms with Gasteiger partial charge in [-0.05, 0) is 89.9 Å². The maximum atomic E-state index is 13.0. The molecule has 0 aromatic rings. The van der Waals surface area contributed by atoms with Crippen molar-refractivity contribution in [3.8, 4) is 0 Å². The first-order chi connectivity index (χ1) is 35.3. The van der Waals surface area contributed by atoms with Crippen LogP contribution in [0.5, 0.6) is 0 Å². The van der Waals surface area contributed by atoms with Crippen LogP contribution in [0.3, 0.4) is 0 Å². The highest BCUT2D eigenvalue weighted by Crippen LogP contribution is 2.23. The fourth-order valence-corrected chi connectivity index (χ4v) is 8.27. The largest absolute Gasteiger partial charge is 0.394 e. The molecule has 0 radical (unpaired) electrons. The number of allylic oxidation sites excluding steroid dienone is 19. The van der Waals surface area contributed by atoms with Crippen LogP contribution in [0.4, 0.5) is 0 Å². The van der Waals surface area contributed by atoms with Crippen molar-refractivity contribution in [2.45, 2.75) is 256 Å². The minimum atomic E-state index is -1.57. The van der Waals surface area contributed by atoms with E-state index in [2.05, 4.69) is 129 Å². The second-order valence-electron chi connectivity index (χ2n) is 19.4. The highest BCUT2D eigenvalue weighted by molar-refractivity contribution is 5.76. The molecular formula is C63H105NO8. The van der Waals surface area contributed by atoms with Crippen molar-refractivity contribution in [1.29, 1.82) is 0 Å². The molecule has 1 rings (SSSR count). The van der Waals surface area contributed by atoms with Gasteiger partial charge in [0.25, 0.3) is 0 Å². The molecule has 9 heteroatoms. The van der Waals surface area contributed by atoms with E-state index in [1.165, 1.54) is 96.3 Å². The summed E-state index contributed by atoms with van der Waals surface area (Å²) in [6, 6.07) is -0.809. The van der Waals surface area contributed by atoms with Crippen LogP contribution in [-0.4, -0.2) is 87.5 Å². The van der Waals surface area contributed by atoms with Gasteiger partial charge in [-0.3, -0.25) is 4.79 Å². The number of aliphatic hydroxyl groups is 5. The first-order valence-electron chi connectivity index (χ1n) is 28.8. The minimum Gasteiger partial charge on any atom is -0.394 e. The molecule has 1 fully saturated rings. The SMILES string of the molecule is CC/C=C\C/C=C\C/C=C\C/C=C\C/C=C\C/C=C\C/C=C\C/C=C\C/C=C\CCCCCCCCCCCCCCCC(=O)NC(COC1OC(CO)C(O)C(O)C1O)C(O)/C=C/CCCCCCCC. The average Bonchev–Trinajstić information content (AvgIpc) is 3.38. The van der Waals surface area contributed by atoms with E-state index in [0.29, 0.717) is 6.42 Å².